The van der Waals surface area contributed by atoms with E-state index in [1.165, 1.54) is 24.1 Å². The Bertz CT molecular complexity index is 882. The van der Waals surface area contributed by atoms with Crippen LogP contribution in [0.4, 0.5) is 0 Å². The largest absolute Gasteiger partial charge is 0.511 e. The molecule has 0 aromatic carbocycles. The maximum Gasteiger partial charge on any atom is 0.159 e. The fourth-order valence-electron chi connectivity index (χ4n) is 5.06. The van der Waals surface area contributed by atoms with Crippen molar-refractivity contribution in [3.63, 3.8) is 0 Å². The average molecular weight is 521 g/mol. The van der Waals surface area contributed by atoms with Gasteiger partial charge in [0.05, 0.1) is 32.3 Å². The van der Waals surface area contributed by atoms with Crippen LogP contribution in [-0.4, -0.2) is 67.9 Å². The molecule has 0 amide bonds. The van der Waals surface area contributed by atoms with Gasteiger partial charge in [0.1, 0.15) is 17.3 Å². The summed E-state index contributed by atoms with van der Waals surface area (Å²) in [5.74, 6) is -0.343. The predicted molar refractivity (Wildman–Crippen MR) is 141 cm³/mol. The second-order valence-corrected chi connectivity index (χ2v) is 9.82. The van der Waals surface area contributed by atoms with E-state index < -0.39 is 11.3 Å². The Kier molecular flexibility index (Phi) is 14.5. The maximum atomic E-state index is 11.6. The molecule has 0 bridgehead atoms. The predicted octanol–water partition coefficient (Wildman–Crippen LogP) is 4.66. The van der Waals surface area contributed by atoms with Crippen LogP contribution in [0.15, 0.2) is 35.1 Å². The number of allylic oxidation sites excluding steroid dienone is 3. The van der Waals surface area contributed by atoms with Crippen LogP contribution in [-0.2, 0) is 33.4 Å². The molecule has 0 radical (unpaired) electrons. The van der Waals surface area contributed by atoms with E-state index in [2.05, 4.69) is 0 Å². The molecule has 0 saturated carbocycles. The molecule has 4 rings (SSSR count). The third kappa shape index (κ3) is 11.2. The summed E-state index contributed by atoms with van der Waals surface area (Å²) in [4.78, 5) is 44.4. The van der Waals surface area contributed by atoms with Crippen molar-refractivity contribution >= 4 is 23.1 Å². The molecule has 0 aromatic rings. The molecule has 1 N–H and O–H groups in total. The van der Waals surface area contributed by atoms with Crippen LogP contribution in [0.25, 0.3) is 0 Å². The monoisotopic (exact) mass is 520 g/mol. The molecule has 4 aliphatic rings. The molecule has 8 nitrogen and oxygen atoms in total. The van der Waals surface area contributed by atoms with Gasteiger partial charge >= 0.3 is 0 Å². The lowest BCUT2D eigenvalue weighted by molar-refractivity contribution is -0.133. The molecule has 3 aliphatic heterocycles. The third-order valence-electron chi connectivity index (χ3n) is 6.71. The summed E-state index contributed by atoms with van der Waals surface area (Å²) < 4.78 is 15.5. The molecule has 8 heteroatoms. The topological polar surface area (TPSA) is 116 Å². The molecule has 0 aromatic heterocycles. The van der Waals surface area contributed by atoms with Crippen molar-refractivity contribution in [3.05, 3.63) is 35.1 Å². The number of carbonyl (C=O) groups excluding carboxylic acids is 4. The SMILES string of the molecule is C.CC(=O)C1C(O)=CC(=O)CC12CCOCC2.CC(=O)C=C1CCOCC1.CC(=O)CC1=CCOCC1. The fourth-order valence-corrected chi connectivity index (χ4v) is 5.06. The van der Waals surface area contributed by atoms with Gasteiger partial charge in [-0.15, -0.1) is 0 Å². The highest BCUT2D eigenvalue weighted by molar-refractivity contribution is 5.95. The van der Waals surface area contributed by atoms with Gasteiger partial charge in [-0.2, -0.15) is 0 Å². The van der Waals surface area contributed by atoms with Gasteiger partial charge in [0.2, 0.25) is 0 Å². The molecule has 208 valence electrons. The molecule has 1 atom stereocenters. The minimum absolute atomic E-state index is 0. The molecule has 2 fully saturated rings. The summed E-state index contributed by atoms with van der Waals surface area (Å²) in [5.41, 5.74) is 2.07. The molecule has 3 heterocycles. The summed E-state index contributed by atoms with van der Waals surface area (Å²) >= 11 is 0. The number of ether oxygens (including phenoxy) is 3. The van der Waals surface area contributed by atoms with Crippen LogP contribution in [0.5, 0.6) is 0 Å². The Morgan fingerprint density at radius 1 is 0.973 bits per heavy atom. The zero-order valence-electron chi connectivity index (χ0n) is 21.8. The number of aliphatic hydroxyl groups excluding tert-OH is 1. The Labute approximate surface area is 221 Å². The quantitative estimate of drug-likeness (QED) is 0.420. The number of Topliss-reactive ketones (excluding diaryl/α,β-unsaturated/α-hetero) is 2. The molecule has 2 saturated heterocycles. The molecular weight excluding hydrogens is 476 g/mol. The van der Waals surface area contributed by atoms with E-state index in [0.29, 0.717) is 45.5 Å². The van der Waals surface area contributed by atoms with E-state index in [9.17, 15) is 24.3 Å². The lowest BCUT2D eigenvalue weighted by atomic mass is 9.62. The maximum absolute atomic E-state index is 11.6. The minimum atomic E-state index is -0.519. The number of hydrogen-bond acceptors (Lipinski definition) is 8. The summed E-state index contributed by atoms with van der Waals surface area (Å²) in [6.45, 7) is 8.81. The first-order chi connectivity index (χ1) is 17.1. The number of ketones is 4. The van der Waals surface area contributed by atoms with Gasteiger partial charge in [0, 0.05) is 32.1 Å². The second kappa shape index (κ2) is 16.4. The molecule has 1 aliphatic carbocycles. The molecule has 37 heavy (non-hydrogen) atoms. The highest BCUT2D eigenvalue weighted by Gasteiger charge is 2.48. The van der Waals surface area contributed by atoms with E-state index in [1.807, 2.05) is 6.08 Å². The smallest absolute Gasteiger partial charge is 0.159 e. The van der Waals surface area contributed by atoms with E-state index in [1.54, 1.807) is 19.9 Å². The summed E-state index contributed by atoms with van der Waals surface area (Å²) in [6, 6.07) is 0. The number of hydrogen-bond donors (Lipinski definition) is 1. The highest BCUT2D eigenvalue weighted by Crippen LogP contribution is 2.47. The van der Waals surface area contributed by atoms with E-state index in [4.69, 9.17) is 14.2 Å². The zero-order chi connectivity index (χ0) is 26.6. The first kappa shape index (κ1) is 32.6. The normalized spacial score (nSPS) is 22.5. The number of rotatable bonds is 4. The summed E-state index contributed by atoms with van der Waals surface area (Å²) in [6.07, 6.45) is 10.0. The third-order valence-corrected chi connectivity index (χ3v) is 6.71. The van der Waals surface area contributed by atoms with Crippen molar-refractivity contribution in [1.29, 1.82) is 0 Å². The van der Waals surface area contributed by atoms with Crippen LogP contribution in [0.2, 0.25) is 0 Å². The van der Waals surface area contributed by atoms with E-state index in [-0.39, 0.29) is 36.3 Å². The van der Waals surface area contributed by atoms with Gasteiger partial charge in [-0.1, -0.05) is 24.6 Å². The lowest BCUT2D eigenvalue weighted by Crippen LogP contribution is -2.44. The Morgan fingerprint density at radius 2 is 1.57 bits per heavy atom. The molecular formula is C29H44O8. The van der Waals surface area contributed by atoms with Crippen molar-refractivity contribution in [2.24, 2.45) is 11.3 Å². The Balaban J connectivity index is 0.000000287. The zero-order valence-corrected chi connectivity index (χ0v) is 21.8. The van der Waals surface area contributed by atoms with Crippen molar-refractivity contribution in [3.8, 4) is 0 Å². The van der Waals surface area contributed by atoms with E-state index >= 15 is 0 Å². The van der Waals surface area contributed by atoms with Gasteiger partial charge in [-0.3, -0.25) is 19.2 Å². The van der Waals surface area contributed by atoms with Crippen molar-refractivity contribution in [2.75, 3.05) is 39.6 Å². The lowest BCUT2D eigenvalue weighted by Gasteiger charge is -2.43. The Morgan fingerprint density at radius 3 is 2.08 bits per heavy atom. The Hall–Kier alpha value is -2.42. The number of carbonyl (C=O) groups is 4. The fraction of sp³-hybridized carbons (Fsp3) is 0.655. The van der Waals surface area contributed by atoms with Crippen LogP contribution in [0, 0.1) is 11.3 Å². The van der Waals surface area contributed by atoms with Gasteiger partial charge in [0.15, 0.2) is 11.6 Å². The van der Waals surface area contributed by atoms with Gasteiger partial charge in [0.25, 0.3) is 0 Å². The van der Waals surface area contributed by atoms with Gasteiger partial charge in [-0.25, -0.2) is 0 Å². The second-order valence-electron chi connectivity index (χ2n) is 9.82. The molecule has 1 spiro atoms. The first-order valence-corrected chi connectivity index (χ1v) is 12.7. The van der Waals surface area contributed by atoms with Crippen LogP contribution in [0.1, 0.15) is 73.1 Å². The van der Waals surface area contributed by atoms with Gasteiger partial charge in [-0.05, 0) is 64.4 Å². The highest BCUT2D eigenvalue weighted by atomic mass is 16.5. The van der Waals surface area contributed by atoms with E-state index in [0.717, 1.165) is 39.1 Å². The van der Waals surface area contributed by atoms with Crippen molar-refractivity contribution in [1.82, 2.24) is 0 Å². The summed E-state index contributed by atoms with van der Waals surface area (Å²) in [7, 11) is 0. The standard InChI is InChI=1S/C12H16O4.2C8H12O2.CH4/c1-8(13)11-10(15)6-9(14)7-12(11)2-4-16-5-3-12;2*1-7(9)6-8-2-4-10-5-3-8;/h6,11,15H,2-5,7H2,1H3;6H,2-5H2,1H3;2H,3-6H2,1H3;1H4. The number of aliphatic hydroxyl groups is 1. The molecule has 1 unspecified atom stereocenters. The van der Waals surface area contributed by atoms with Crippen molar-refractivity contribution < 1.29 is 38.5 Å². The first-order valence-electron chi connectivity index (χ1n) is 12.7. The summed E-state index contributed by atoms with van der Waals surface area (Å²) in [5, 5.41) is 9.81. The minimum Gasteiger partial charge on any atom is -0.511 e. The van der Waals surface area contributed by atoms with Gasteiger partial charge < -0.3 is 19.3 Å². The van der Waals surface area contributed by atoms with Crippen LogP contribution in [0.3, 0.4) is 0 Å². The van der Waals surface area contributed by atoms with Crippen molar-refractivity contribution in [2.45, 2.75) is 73.1 Å². The average Bonchev–Trinajstić information content (AvgIpc) is 2.80. The van der Waals surface area contributed by atoms with Crippen LogP contribution >= 0.6 is 0 Å². The van der Waals surface area contributed by atoms with Crippen LogP contribution < -0.4 is 0 Å².